The average molecular weight is 463 g/mol. The molecule has 0 bridgehead atoms. The van der Waals surface area contributed by atoms with Crippen LogP contribution in [0.4, 0.5) is 0 Å². The Morgan fingerprint density at radius 2 is 1.72 bits per heavy atom. The zero-order valence-electron chi connectivity index (χ0n) is 19.8. The van der Waals surface area contributed by atoms with Crippen LogP contribution in [0.15, 0.2) is 27.6 Å². The van der Waals surface area contributed by atoms with Crippen LogP contribution >= 0.6 is 0 Å². The monoisotopic (exact) mass is 463 g/mol. The van der Waals surface area contributed by atoms with Crippen molar-refractivity contribution in [3.8, 4) is 0 Å². The molecule has 1 amide bonds. The second-order valence-electron chi connectivity index (χ2n) is 10.1. The number of carbonyl (C=O) groups is 1. The number of hydrogen-bond donors (Lipinski definition) is 1. The smallest absolute Gasteiger partial charge is 0.399 e. The zero-order valence-corrected chi connectivity index (χ0v) is 20.6. The third-order valence-corrected chi connectivity index (χ3v) is 6.93. The molecular weight excluding hydrogens is 433 g/mol. The van der Waals surface area contributed by atoms with E-state index in [4.69, 9.17) is 13.8 Å². The number of amides is 1. The summed E-state index contributed by atoms with van der Waals surface area (Å²) in [6, 6.07) is 4.91. The van der Waals surface area contributed by atoms with Crippen LogP contribution < -0.4 is 10.8 Å². The molecule has 1 aromatic heterocycles. The number of nitrogens with zero attached hydrogens (tertiary/aromatic N) is 2. The lowest BCUT2D eigenvalue weighted by Gasteiger charge is -2.32. The maximum atomic E-state index is 12.5. The maximum Gasteiger partial charge on any atom is 0.494 e. The van der Waals surface area contributed by atoms with Crippen molar-refractivity contribution in [1.29, 1.82) is 0 Å². The van der Waals surface area contributed by atoms with E-state index in [1.54, 1.807) is 12.1 Å². The lowest BCUT2D eigenvalue weighted by Crippen LogP contribution is -2.41. The summed E-state index contributed by atoms with van der Waals surface area (Å²) in [4.78, 5) is 16.6. The van der Waals surface area contributed by atoms with Crippen molar-refractivity contribution in [2.45, 2.75) is 76.5 Å². The third kappa shape index (κ3) is 4.89. The van der Waals surface area contributed by atoms with Crippen molar-refractivity contribution in [3.63, 3.8) is 0 Å². The first-order valence-corrected chi connectivity index (χ1v) is 12.2. The van der Waals surface area contributed by atoms with Crippen molar-refractivity contribution in [2.24, 2.45) is 0 Å². The van der Waals surface area contributed by atoms with E-state index in [1.165, 1.54) is 6.07 Å². The van der Waals surface area contributed by atoms with Crippen LogP contribution in [-0.4, -0.2) is 49.0 Å². The highest BCUT2D eigenvalue weighted by molar-refractivity contribution is 7.90. The maximum absolute atomic E-state index is 12.5. The van der Waals surface area contributed by atoms with Crippen LogP contribution in [-0.2, 0) is 31.1 Å². The van der Waals surface area contributed by atoms with E-state index in [-0.39, 0.29) is 22.7 Å². The minimum Gasteiger partial charge on any atom is -0.399 e. The summed E-state index contributed by atoms with van der Waals surface area (Å²) in [5, 5.41) is 6.47. The molecule has 1 aliphatic rings. The number of hydrogen-bond acceptors (Lipinski definition) is 8. The summed E-state index contributed by atoms with van der Waals surface area (Å²) in [6.07, 6.45) is 1.12. The Balaban J connectivity index is 1.82. The van der Waals surface area contributed by atoms with Crippen LogP contribution in [0.5, 0.6) is 0 Å². The fourth-order valence-electron chi connectivity index (χ4n) is 3.06. The van der Waals surface area contributed by atoms with Crippen molar-refractivity contribution in [1.82, 2.24) is 15.5 Å². The quantitative estimate of drug-likeness (QED) is 0.669. The molecule has 9 nitrogen and oxygen atoms in total. The van der Waals surface area contributed by atoms with Gasteiger partial charge in [-0.05, 0) is 44.8 Å². The molecule has 1 aromatic carbocycles. The molecule has 2 heterocycles. The Morgan fingerprint density at radius 1 is 1.12 bits per heavy atom. The summed E-state index contributed by atoms with van der Waals surface area (Å²) in [5.74, 6) is -0.349. The standard InChI is InChI=1S/C21H30BN3O6S/c1-19(2,3)18-24-17(29-25-18)16(26)23-12-13-9-10-14(11-15(13)32(8,27)28)22-30-20(4,5)21(6,7)31-22/h9-11H,12H2,1-8H3,(H,23,26). The Labute approximate surface area is 189 Å². The molecule has 0 aliphatic carbocycles. The molecule has 1 aliphatic heterocycles. The van der Waals surface area contributed by atoms with E-state index in [2.05, 4.69) is 15.5 Å². The van der Waals surface area contributed by atoms with Gasteiger partial charge in [-0.3, -0.25) is 4.79 Å². The first-order valence-electron chi connectivity index (χ1n) is 10.3. The topological polar surface area (TPSA) is 121 Å². The molecular formula is C21H30BN3O6S. The van der Waals surface area contributed by atoms with Gasteiger partial charge in [0.25, 0.3) is 0 Å². The zero-order chi connectivity index (χ0) is 24.1. The second kappa shape index (κ2) is 7.96. The fourth-order valence-corrected chi connectivity index (χ4v) is 4.03. The van der Waals surface area contributed by atoms with Gasteiger partial charge in [-0.25, -0.2) is 8.42 Å². The van der Waals surface area contributed by atoms with Gasteiger partial charge in [-0.15, -0.1) is 0 Å². The van der Waals surface area contributed by atoms with Crippen LogP contribution in [0.25, 0.3) is 0 Å². The summed E-state index contributed by atoms with van der Waals surface area (Å²) in [5.41, 5.74) is -0.450. The molecule has 1 saturated heterocycles. The van der Waals surface area contributed by atoms with Crippen LogP contribution in [0.1, 0.15) is 70.5 Å². The first kappa shape index (κ1) is 24.4. The molecule has 0 spiro atoms. The summed E-state index contributed by atoms with van der Waals surface area (Å²) in [7, 11) is -4.28. The van der Waals surface area contributed by atoms with Crippen molar-refractivity contribution in [3.05, 3.63) is 35.5 Å². The minimum atomic E-state index is -3.58. The molecule has 0 saturated carbocycles. The van der Waals surface area contributed by atoms with E-state index >= 15 is 0 Å². The Bertz CT molecular complexity index is 1120. The highest BCUT2D eigenvalue weighted by Crippen LogP contribution is 2.36. The molecule has 32 heavy (non-hydrogen) atoms. The lowest BCUT2D eigenvalue weighted by molar-refractivity contribution is 0.00578. The number of nitrogens with one attached hydrogen (secondary N) is 1. The van der Waals surface area contributed by atoms with Crippen LogP contribution in [0, 0.1) is 0 Å². The number of benzene rings is 1. The number of aromatic nitrogens is 2. The predicted octanol–water partition coefficient (Wildman–Crippen LogP) is 2.00. The van der Waals surface area contributed by atoms with Gasteiger partial charge in [-0.2, -0.15) is 4.98 Å². The summed E-state index contributed by atoms with van der Waals surface area (Å²) >= 11 is 0. The van der Waals surface area contributed by atoms with E-state index < -0.39 is 34.1 Å². The molecule has 2 aromatic rings. The highest BCUT2D eigenvalue weighted by atomic mass is 32.2. The van der Waals surface area contributed by atoms with E-state index in [9.17, 15) is 13.2 Å². The lowest BCUT2D eigenvalue weighted by atomic mass is 9.79. The van der Waals surface area contributed by atoms with Crippen molar-refractivity contribution >= 4 is 28.3 Å². The van der Waals surface area contributed by atoms with E-state index in [0.717, 1.165) is 6.26 Å². The third-order valence-electron chi connectivity index (χ3n) is 5.75. The molecule has 11 heteroatoms. The predicted molar refractivity (Wildman–Crippen MR) is 119 cm³/mol. The van der Waals surface area contributed by atoms with E-state index in [0.29, 0.717) is 16.9 Å². The first-order chi connectivity index (χ1) is 14.5. The molecule has 3 rings (SSSR count). The molecule has 0 atom stereocenters. The highest BCUT2D eigenvalue weighted by Gasteiger charge is 2.51. The van der Waals surface area contributed by atoms with Gasteiger partial charge in [0.15, 0.2) is 15.7 Å². The molecule has 0 radical (unpaired) electrons. The van der Waals surface area contributed by atoms with Gasteiger partial charge >= 0.3 is 18.9 Å². The van der Waals surface area contributed by atoms with Gasteiger partial charge in [0.2, 0.25) is 0 Å². The van der Waals surface area contributed by atoms with Gasteiger partial charge in [0, 0.05) is 18.2 Å². The molecule has 174 valence electrons. The number of sulfone groups is 1. The number of rotatable bonds is 5. The average Bonchev–Trinajstić information content (AvgIpc) is 3.22. The SMILES string of the molecule is CC(C)(C)c1noc(C(=O)NCc2ccc(B3OC(C)(C)C(C)(C)O3)cc2S(C)(=O)=O)n1. The number of carbonyl (C=O) groups excluding carboxylic acids is 1. The van der Waals surface area contributed by atoms with Gasteiger partial charge in [-0.1, -0.05) is 38.1 Å². The Kier molecular flexibility index (Phi) is 6.08. The van der Waals surface area contributed by atoms with E-state index in [1.807, 2.05) is 48.5 Å². The van der Waals surface area contributed by atoms with Crippen LogP contribution in [0.3, 0.4) is 0 Å². The Hall–Kier alpha value is -2.24. The summed E-state index contributed by atoms with van der Waals surface area (Å²) in [6.45, 7) is 13.4. The van der Waals surface area contributed by atoms with Crippen LogP contribution in [0.2, 0.25) is 0 Å². The normalized spacial score (nSPS) is 18.1. The molecule has 0 unspecified atom stereocenters. The largest absolute Gasteiger partial charge is 0.494 e. The fraction of sp³-hybridized carbons (Fsp3) is 0.571. The second-order valence-corrected chi connectivity index (χ2v) is 12.1. The minimum absolute atomic E-state index is 0.0296. The Morgan fingerprint density at radius 3 is 2.22 bits per heavy atom. The van der Waals surface area contributed by atoms with Gasteiger partial charge in [0.1, 0.15) is 0 Å². The molecule has 1 N–H and O–H groups in total. The molecule has 1 fully saturated rings. The van der Waals surface area contributed by atoms with Gasteiger partial charge in [0.05, 0.1) is 16.1 Å². The van der Waals surface area contributed by atoms with Gasteiger partial charge < -0.3 is 19.1 Å². The summed E-state index contributed by atoms with van der Waals surface area (Å²) < 4.78 is 42.0. The van der Waals surface area contributed by atoms with Crippen molar-refractivity contribution < 1.29 is 27.0 Å². The van der Waals surface area contributed by atoms with Crippen molar-refractivity contribution in [2.75, 3.05) is 6.26 Å².